The van der Waals surface area contributed by atoms with E-state index in [2.05, 4.69) is 81.4 Å². The maximum atomic E-state index is 12.3. The van der Waals surface area contributed by atoms with Crippen LogP contribution in [0.2, 0.25) is 0 Å². The molecule has 0 radical (unpaired) electrons. The zero-order valence-corrected chi connectivity index (χ0v) is 20.3. The Morgan fingerprint density at radius 3 is 2.53 bits per heavy atom. The Bertz CT molecular complexity index is 1140. The normalized spacial score (nSPS) is 11.0. The Balaban J connectivity index is 1.70. The van der Waals surface area contributed by atoms with Crippen molar-refractivity contribution in [2.45, 2.75) is 33.7 Å². The molecule has 0 unspecified atom stereocenters. The van der Waals surface area contributed by atoms with Gasteiger partial charge in [-0.2, -0.15) is 0 Å². The molecule has 7 heteroatoms. The topological polar surface area (TPSA) is 78.9 Å². The number of hydrogen-bond acceptors (Lipinski definition) is 5. The molecular formula is C25H28BrN5O. The minimum Gasteiger partial charge on any atom is -0.340 e. The maximum absolute atomic E-state index is 12.3. The number of carbonyl (C=O) groups is 1. The molecule has 0 saturated heterocycles. The highest BCUT2D eigenvalue weighted by molar-refractivity contribution is 9.10. The number of fused-ring (bicyclic) bond motifs is 1. The third-order valence-electron chi connectivity index (χ3n) is 5.05. The Kier molecular flexibility index (Phi) is 8.20. The van der Waals surface area contributed by atoms with E-state index in [9.17, 15) is 4.79 Å². The standard InChI is InChI=1S/C25H28BrN5O/c1-16(2)24(17(3)4)27-12-6-9-23(32)30-20-10-11-22-21(14-20)25(29-15-28-22)31-19-8-5-7-18(26)13-19/h5,7-8,10-11,13-17,24,27H,12H2,1-4H3,(H,30,32)(H,28,29,31). The SMILES string of the molecule is CC(C)C(NCC#CC(=O)Nc1ccc2ncnc(Nc3cccc(Br)c3)c2c1)C(C)C. The molecule has 6 nitrogen and oxygen atoms in total. The monoisotopic (exact) mass is 493 g/mol. The number of nitrogens with zero attached hydrogens (tertiary/aromatic N) is 2. The summed E-state index contributed by atoms with van der Waals surface area (Å²) in [6.07, 6.45) is 1.51. The van der Waals surface area contributed by atoms with Gasteiger partial charge < -0.3 is 16.0 Å². The van der Waals surface area contributed by atoms with Crippen molar-refractivity contribution in [1.29, 1.82) is 0 Å². The number of anilines is 3. The summed E-state index contributed by atoms with van der Waals surface area (Å²) in [5.74, 6) is 6.89. The molecule has 3 aromatic rings. The van der Waals surface area contributed by atoms with Crippen molar-refractivity contribution in [2.75, 3.05) is 17.2 Å². The Morgan fingerprint density at radius 2 is 1.81 bits per heavy atom. The third kappa shape index (κ3) is 6.52. The maximum Gasteiger partial charge on any atom is 0.300 e. The molecule has 3 rings (SSSR count). The van der Waals surface area contributed by atoms with Crippen LogP contribution in [0.3, 0.4) is 0 Å². The van der Waals surface area contributed by atoms with Crippen LogP contribution in [-0.4, -0.2) is 28.5 Å². The van der Waals surface area contributed by atoms with Gasteiger partial charge in [-0.05, 0) is 54.2 Å². The van der Waals surface area contributed by atoms with Crippen molar-refractivity contribution in [1.82, 2.24) is 15.3 Å². The van der Waals surface area contributed by atoms with Crippen LogP contribution in [0.25, 0.3) is 10.9 Å². The average molecular weight is 494 g/mol. The molecule has 3 N–H and O–H groups in total. The summed E-state index contributed by atoms with van der Waals surface area (Å²) in [5, 5.41) is 10.4. The minimum absolute atomic E-state index is 0.352. The van der Waals surface area contributed by atoms with E-state index >= 15 is 0 Å². The molecule has 1 aromatic heterocycles. The van der Waals surface area contributed by atoms with E-state index in [1.165, 1.54) is 6.33 Å². The van der Waals surface area contributed by atoms with Crippen LogP contribution in [0.1, 0.15) is 27.7 Å². The summed E-state index contributed by atoms with van der Waals surface area (Å²) in [6.45, 7) is 9.20. The first-order valence-electron chi connectivity index (χ1n) is 10.6. The van der Waals surface area contributed by atoms with Gasteiger partial charge in [0.2, 0.25) is 0 Å². The van der Waals surface area contributed by atoms with Crippen LogP contribution in [0.5, 0.6) is 0 Å². The van der Waals surface area contributed by atoms with Gasteiger partial charge in [-0.3, -0.25) is 4.79 Å². The van der Waals surface area contributed by atoms with E-state index in [1.807, 2.05) is 42.5 Å². The fraction of sp³-hybridized carbons (Fsp3) is 0.320. The molecule has 2 aromatic carbocycles. The zero-order chi connectivity index (χ0) is 23.1. The van der Waals surface area contributed by atoms with Crippen molar-refractivity contribution < 1.29 is 4.79 Å². The Morgan fingerprint density at radius 1 is 1.03 bits per heavy atom. The zero-order valence-electron chi connectivity index (χ0n) is 18.7. The molecule has 166 valence electrons. The van der Waals surface area contributed by atoms with Gasteiger partial charge in [-0.15, -0.1) is 0 Å². The second-order valence-electron chi connectivity index (χ2n) is 8.24. The van der Waals surface area contributed by atoms with E-state index in [0.717, 1.165) is 21.1 Å². The quantitative estimate of drug-likeness (QED) is 0.386. The van der Waals surface area contributed by atoms with E-state index in [-0.39, 0.29) is 5.91 Å². The Hall–Kier alpha value is -2.95. The number of benzene rings is 2. The first-order valence-corrected chi connectivity index (χ1v) is 11.4. The van der Waals surface area contributed by atoms with Gasteiger partial charge in [-0.1, -0.05) is 55.6 Å². The molecule has 0 fully saturated rings. The van der Waals surface area contributed by atoms with E-state index < -0.39 is 0 Å². The predicted molar refractivity (Wildman–Crippen MR) is 135 cm³/mol. The first-order chi connectivity index (χ1) is 15.3. The molecule has 1 heterocycles. The summed E-state index contributed by atoms with van der Waals surface area (Å²) in [6, 6.07) is 13.7. The lowest BCUT2D eigenvalue weighted by Crippen LogP contribution is -2.38. The molecule has 0 atom stereocenters. The summed E-state index contributed by atoms with van der Waals surface area (Å²) in [4.78, 5) is 21.0. The highest BCUT2D eigenvalue weighted by atomic mass is 79.9. The van der Waals surface area contributed by atoms with Crippen molar-refractivity contribution in [3.63, 3.8) is 0 Å². The minimum atomic E-state index is -0.352. The van der Waals surface area contributed by atoms with Crippen LogP contribution < -0.4 is 16.0 Å². The molecular weight excluding hydrogens is 466 g/mol. The van der Waals surface area contributed by atoms with Crippen LogP contribution in [0.4, 0.5) is 17.2 Å². The lowest BCUT2D eigenvalue weighted by atomic mass is 9.93. The molecule has 0 aliphatic rings. The molecule has 1 amide bonds. The second-order valence-corrected chi connectivity index (χ2v) is 9.16. The fourth-order valence-electron chi connectivity index (χ4n) is 3.63. The van der Waals surface area contributed by atoms with Gasteiger partial charge >= 0.3 is 0 Å². The molecule has 0 aliphatic heterocycles. The Labute approximate surface area is 197 Å². The first kappa shape index (κ1) is 23.7. The number of rotatable bonds is 7. The van der Waals surface area contributed by atoms with Gasteiger partial charge in [-0.25, -0.2) is 9.97 Å². The number of hydrogen-bond donors (Lipinski definition) is 3. The molecule has 0 spiro atoms. The van der Waals surface area contributed by atoms with Crippen LogP contribution >= 0.6 is 15.9 Å². The average Bonchev–Trinajstić information content (AvgIpc) is 2.73. The molecule has 32 heavy (non-hydrogen) atoms. The van der Waals surface area contributed by atoms with Crippen molar-refractivity contribution in [3.8, 4) is 11.8 Å². The van der Waals surface area contributed by atoms with E-state index in [1.54, 1.807) is 0 Å². The molecule has 0 aliphatic carbocycles. The predicted octanol–water partition coefficient (Wildman–Crippen LogP) is 5.35. The fourth-order valence-corrected chi connectivity index (χ4v) is 4.03. The molecule has 0 bridgehead atoms. The number of aromatic nitrogens is 2. The van der Waals surface area contributed by atoms with Crippen LogP contribution in [0, 0.1) is 23.7 Å². The summed E-state index contributed by atoms with van der Waals surface area (Å²) >= 11 is 3.47. The van der Waals surface area contributed by atoms with Crippen LogP contribution in [-0.2, 0) is 4.79 Å². The summed E-state index contributed by atoms with van der Waals surface area (Å²) in [7, 11) is 0. The van der Waals surface area contributed by atoms with E-state index in [0.29, 0.717) is 35.9 Å². The smallest absolute Gasteiger partial charge is 0.300 e. The second kappa shape index (κ2) is 11.1. The van der Waals surface area contributed by atoms with Gasteiger partial charge in [0.1, 0.15) is 12.1 Å². The molecule has 0 saturated carbocycles. The van der Waals surface area contributed by atoms with Crippen molar-refractivity contribution >= 4 is 49.9 Å². The van der Waals surface area contributed by atoms with Gasteiger partial charge in [0.05, 0.1) is 12.1 Å². The number of halogens is 1. The van der Waals surface area contributed by atoms with E-state index in [4.69, 9.17) is 0 Å². The van der Waals surface area contributed by atoms with Crippen molar-refractivity contribution in [3.05, 3.63) is 53.3 Å². The lowest BCUT2D eigenvalue weighted by Gasteiger charge is -2.25. The largest absolute Gasteiger partial charge is 0.340 e. The lowest BCUT2D eigenvalue weighted by molar-refractivity contribution is -0.111. The number of amides is 1. The summed E-state index contributed by atoms with van der Waals surface area (Å²) < 4.78 is 0.968. The highest BCUT2D eigenvalue weighted by Crippen LogP contribution is 2.26. The summed E-state index contributed by atoms with van der Waals surface area (Å²) in [5.41, 5.74) is 2.31. The van der Waals surface area contributed by atoms with Crippen molar-refractivity contribution in [2.24, 2.45) is 11.8 Å². The van der Waals surface area contributed by atoms with Gasteiger partial charge in [0.25, 0.3) is 5.91 Å². The number of nitrogens with one attached hydrogen (secondary N) is 3. The number of carbonyl (C=O) groups excluding carboxylic acids is 1. The third-order valence-corrected chi connectivity index (χ3v) is 5.54. The van der Waals surface area contributed by atoms with Gasteiger partial charge in [0.15, 0.2) is 0 Å². The van der Waals surface area contributed by atoms with Crippen LogP contribution in [0.15, 0.2) is 53.3 Å². The highest BCUT2D eigenvalue weighted by Gasteiger charge is 2.15. The van der Waals surface area contributed by atoms with Gasteiger partial charge in [0, 0.05) is 27.3 Å².